The van der Waals surface area contributed by atoms with Crippen LogP contribution in [0.1, 0.15) is 39.5 Å². The number of rotatable bonds is 5. The Morgan fingerprint density at radius 3 is 2.88 bits per heavy atom. The monoisotopic (exact) mass is 242 g/mol. The highest BCUT2D eigenvalue weighted by Crippen LogP contribution is 2.34. The van der Waals surface area contributed by atoms with Crippen LogP contribution in [0.2, 0.25) is 0 Å². The molecule has 1 heterocycles. The fourth-order valence-electron chi connectivity index (χ4n) is 2.80. The second-order valence-electron chi connectivity index (χ2n) is 5.49. The first kappa shape index (κ1) is 14.5. The van der Waals surface area contributed by atoms with E-state index in [4.69, 9.17) is 10.5 Å². The minimum atomic E-state index is -0.510. The van der Waals surface area contributed by atoms with Gasteiger partial charge in [0.2, 0.25) is 5.91 Å². The second-order valence-corrected chi connectivity index (χ2v) is 5.49. The first-order chi connectivity index (χ1) is 8.02. The average Bonchev–Trinajstić information content (AvgIpc) is 2.28. The molecule has 0 aromatic heterocycles. The van der Waals surface area contributed by atoms with E-state index in [2.05, 4.69) is 13.8 Å². The maximum Gasteiger partial charge on any atom is 0.241 e. The number of ether oxygens (including phenoxy) is 1. The molecule has 1 aliphatic heterocycles. The molecule has 1 amide bonds. The lowest BCUT2D eigenvalue weighted by Crippen LogP contribution is -2.52. The van der Waals surface area contributed by atoms with Crippen molar-refractivity contribution in [3.05, 3.63) is 0 Å². The van der Waals surface area contributed by atoms with Crippen molar-refractivity contribution in [1.82, 2.24) is 4.90 Å². The Morgan fingerprint density at radius 2 is 2.29 bits per heavy atom. The number of amides is 1. The van der Waals surface area contributed by atoms with Gasteiger partial charge in [0.05, 0.1) is 6.61 Å². The molecule has 0 aromatic carbocycles. The number of likely N-dealkylation sites (tertiary alicyclic amines) is 1. The molecule has 2 N–H and O–H groups in total. The Bertz CT molecular complexity index is 254. The number of carbonyl (C=O) groups is 1. The average molecular weight is 242 g/mol. The lowest BCUT2D eigenvalue weighted by molar-refractivity contribution is -0.137. The van der Waals surface area contributed by atoms with E-state index < -0.39 is 6.04 Å². The number of hydrogen-bond acceptors (Lipinski definition) is 3. The summed E-state index contributed by atoms with van der Waals surface area (Å²) in [4.78, 5) is 14.0. The molecule has 17 heavy (non-hydrogen) atoms. The van der Waals surface area contributed by atoms with Crippen LogP contribution in [0.25, 0.3) is 0 Å². The Balaban J connectivity index is 2.57. The van der Waals surface area contributed by atoms with Crippen molar-refractivity contribution < 1.29 is 9.53 Å². The van der Waals surface area contributed by atoms with E-state index in [1.165, 1.54) is 19.3 Å². The summed E-state index contributed by atoms with van der Waals surface area (Å²) in [7, 11) is 1.57. The van der Waals surface area contributed by atoms with Crippen LogP contribution in [0.15, 0.2) is 0 Å². The first-order valence-electron chi connectivity index (χ1n) is 6.56. The van der Waals surface area contributed by atoms with Crippen LogP contribution < -0.4 is 5.73 Å². The number of methoxy groups -OCH3 is 1. The van der Waals surface area contributed by atoms with Crippen LogP contribution in [-0.2, 0) is 9.53 Å². The normalized spacial score (nSPS) is 26.9. The van der Waals surface area contributed by atoms with Crippen LogP contribution in [0.4, 0.5) is 0 Å². The van der Waals surface area contributed by atoms with Gasteiger partial charge in [-0.15, -0.1) is 0 Å². The van der Waals surface area contributed by atoms with Crippen LogP contribution >= 0.6 is 0 Å². The van der Waals surface area contributed by atoms with E-state index in [9.17, 15) is 4.79 Å². The van der Waals surface area contributed by atoms with Crippen molar-refractivity contribution in [3.63, 3.8) is 0 Å². The van der Waals surface area contributed by atoms with E-state index in [0.717, 1.165) is 19.5 Å². The van der Waals surface area contributed by atoms with Crippen molar-refractivity contribution in [1.29, 1.82) is 0 Å². The van der Waals surface area contributed by atoms with Gasteiger partial charge in [-0.05, 0) is 24.7 Å². The van der Waals surface area contributed by atoms with Gasteiger partial charge in [-0.3, -0.25) is 4.79 Å². The minimum absolute atomic E-state index is 0.0360. The lowest BCUT2D eigenvalue weighted by atomic mass is 9.78. The van der Waals surface area contributed by atoms with E-state index in [1.807, 2.05) is 4.90 Å². The van der Waals surface area contributed by atoms with Gasteiger partial charge in [0.15, 0.2) is 0 Å². The third-order valence-electron chi connectivity index (χ3n) is 3.61. The zero-order valence-corrected chi connectivity index (χ0v) is 11.4. The highest BCUT2D eigenvalue weighted by molar-refractivity contribution is 5.81. The van der Waals surface area contributed by atoms with Crippen LogP contribution in [0, 0.1) is 5.41 Å². The summed E-state index contributed by atoms with van der Waals surface area (Å²) in [6.45, 7) is 6.47. The minimum Gasteiger partial charge on any atom is -0.383 e. The molecule has 1 aliphatic rings. The van der Waals surface area contributed by atoms with E-state index >= 15 is 0 Å². The molecule has 1 rings (SSSR count). The van der Waals surface area contributed by atoms with Gasteiger partial charge in [0, 0.05) is 20.2 Å². The number of hydrogen-bond donors (Lipinski definition) is 1. The molecule has 0 bridgehead atoms. The van der Waals surface area contributed by atoms with Gasteiger partial charge in [0.25, 0.3) is 0 Å². The highest BCUT2D eigenvalue weighted by Gasteiger charge is 2.33. The van der Waals surface area contributed by atoms with Gasteiger partial charge in [-0.2, -0.15) is 0 Å². The summed E-state index contributed by atoms with van der Waals surface area (Å²) < 4.78 is 4.94. The Morgan fingerprint density at radius 1 is 1.59 bits per heavy atom. The Hall–Kier alpha value is -0.610. The second kappa shape index (κ2) is 6.36. The Kier molecular flexibility index (Phi) is 5.40. The van der Waals surface area contributed by atoms with Crippen molar-refractivity contribution >= 4 is 5.91 Å². The summed E-state index contributed by atoms with van der Waals surface area (Å²) in [5.74, 6) is 0.0360. The summed E-state index contributed by atoms with van der Waals surface area (Å²) in [6, 6.07) is -0.510. The maximum atomic E-state index is 12.1. The van der Waals surface area contributed by atoms with Gasteiger partial charge in [-0.25, -0.2) is 0 Å². The molecule has 0 aromatic rings. The van der Waals surface area contributed by atoms with Crippen LogP contribution in [-0.4, -0.2) is 43.7 Å². The number of piperidine rings is 1. The molecule has 4 heteroatoms. The van der Waals surface area contributed by atoms with Crippen molar-refractivity contribution in [2.75, 3.05) is 26.8 Å². The molecule has 0 radical (unpaired) electrons. The van der Waals surface area contributed by atoms with Crippen LogP contribution in [0.5, 0.6) is 0 Å². The molecular formula is C13H26N2O2. The molecule has 0 spiro atoms. The standard InChI is InChI=1S/C13H26N2O2/c1-4-6-13(2)7-5-8-15(10-13)12(16)11(14)9-17-3/h11H,4-10,14H2,1-3H3. The van der Waals surface area contributed by atoms with Gasteiger partial charge in [-0.1, -0.05) is 20.3 Å². The molecule has 0 saturated carbocycles. The quantitative estimate of drug-likeness (QED) is 0.792. The number of carbonyl (C=O) groups excluding carboxylic acids is 1. The maximum absolute atomic E-state index is 12.1. The molecule has 2 unspecified atom stereocenters. The first-order valence-corrected chi connectivity index (χ1v) is 6.56. The largest absolute Gasteiger partial charge is 0.383 e. The van der Waals surface area contributed by atoms with Crippen molar-refractivity contribution in [2.45, 2.75) is 45.6 Å². The SMILES string of the molecule is CCCC1(C)CCCN(C(=O)C(N)COC)C1. The summed E-state index contributed by atoms with van der Waals surface area (Å²) in [6.07, 6.45) is 4.64. The molecule has 2 atom stereocenters. The fraction of sp³-hybridized carbons (Fsp3) is 0.923. The summed E-state index contributed by atoms with van der Waals surface area (Å²) in [5, 5.41) is 0. The third kappa shape index (κ3) is 3.96. The van der Waals surface area contributed by atoms with Gasteiger partial charge >= 0.3 is 0 Å². The van der Waals surface area contributed by atoms with E-state index in [0.29, 0.717) is 6.61 Å². The molecule has 100 valence electrons. The van der Waals surface area contributed by atoms with Gasteiger partial charge < -0.3 is 15.4 Å². The molecular weight excluding hydrogens is 216 g/mol. The molecule has 1 fully saturated rings. The predicted molar refractivity (Wildman–Crippen MR) is 68.7 cm³/mol. The van der Waals surface area contributed by atoms with Crippen molar-refractivity contribution in [2.24, 2.45) is 11.1 Å². The summed E-state index contributed by atoms with van der Waals surface area (Å²) in [5.41, 5.74) is 6.08. The molecule has 4 nitrogen and oxygen atoms in total. The number of nitrogens with two attached hydrogens (primary N) is 1. The van der Waals surface area contributed by atoms with Gasteiger partial charge in [0.1, 0.15) is 6.04 Å². The van der Waals surface area contributed by atoms with Crippen molar-refractivity contribution in [3.8, 4) is 0 Å². The van der Waals surface area contributed by atoms with Crippen LogP contribution in [0.3, 0.4) is 0 Å². The predicted octanol–water partition coefficient (Wildman–Crippen LogP) is 1.39. The zero-order valence-electron chi connectivity index (χ0n) is 11.4. The van der Waals surface area contributed by atoms with E-state index in [1.54, 1.807) is 7.11 Å². The fourth-order valence-corrected chi connectivity index (χ4v) is 2.80. The zero-order chi connectivity index (χ0) is 12.9. The summed E-state index contributed by atoms with van der Waals surface area (Å²) >= 11 is 0. The smallest absolute Gasteiger partial charge is 0.241 e. The topological polar surface area (TPSA) is 55.6 Å². The van der Waals surface area contributed by atoms with E-state index in [-0.39, 0.29) is 11.3 Å². The molecule has 1 saturated heterocycles. The third-order valence-corrected chi connectivity index (χ3v) is 3.61. The Labute approximate surface area is 104 Å². The number of nitrogens with zero attached hydrogens (tertiary/aromatic N) is 1. The molecule has 0 aliphatic carbocycles. The highest BCUT2D eigenvalue weighted by atomic mass is 16.5. The lowest BCUT2D eigenvalue weighted by Gasteiger charge is -2.41.